The Labute approximate surface area is 149 Å². The van der Waals surface area contributed by atoms with E-state index in [1.807, 2.05) is 24.3 Å². The van der Waals surface area contributed by atoms with Crippen LogP contribution in [0.4, 0.5) is 0 Å². The summed E-state index contributed by atoms with van der Waals surface area (Å²) < 4.78 is 2.07. The predicted octanol–water partition coefficient (Wildman–Crippen LogP) is 5.21. The molecule has 0 N–H and O–H groups in total. The molecule has 0 saturated heterocycles. The van der Waals surface area contributed by atoms with Gasteiger partial charge in [-0.1, -0.05) is 36.2 Å². The standard InChI is InChI=1S/C19H17ClN2OS/c20-14-6-4-5-13(11-14)9-10-17(23)16-12-21-19-22(16)15-7-2-1-3-8-18(15)24-19/h4-6,9-12H,1-3,7-8H2. The molecule has 0 radical (unpaired) electrons. The van der Waals surface area contributed by atoms with Crippen LogP contribution >= 0.6 is 22.9 Å². The third-order valence-electron chi connectivity index (χ3n) is 4.38. The highest BCUT2D eigenvalue weighted by Crippen LogP contribution is 2.30. The van der Waals surface area contributed by atoms with Crippen LogP contribution in [-0.4, -0.2) is 15.2 Å². The maximum atomic E-state index is 12.7. The highest BCUT2D eigenvalue weighted by atomic mass is 35.5. The fourth-order valence-electron chi connectivity index (χ4n) is 3.20. The van der Waals surface area contributed by atoms with E-state index >= 15 is 0 Å². The first-order valence-electron chi connectivity index (χ1n) is 8.18. The van der Waals surface area contributed by atoms with Crippen molar-refractivity contribution in [3.8, 4) is 0 Å². The van der Waals surface area contributed by atoms with Crippen LogP contribution in [0.1, 0.15) is 45.9 Å². The van der Waals surface area contributed by atoms with E-state index in [4.69, 9.17) is 11.6 Å². The van der Waals surface area contributed by atoms with E-state index in [-0.39, 0.29) is 5.78 Å². The van der Waals surface area contributed by atoms with Gasteiger partial charge in [0.15, 0.2) is 4.96 Å². The molecule has 5 heteroatoms. The number of thiazole rings is 1. The number of benzene rings is 1. The fourth-order valence-corrected chi connectivity index (χ4v) is 4.59. The van der Waals surface area contributed by atoms with Crippen molar-refractivity contribution in [2.45, 2.75) is 32.1 Å². The predicted molar refractivity (Wildman–Crippen MR) is 99.1 cm³/mol. The zero-order valence-corrected chi connectivity index (χ0v) is 14.7. The van der Waals surface area contributed by atoms with E-state index < -0.39 is 0 Å². The SMILES string of the molecule is O=C(C=Cc1cccc(Cl)c1)c1cnc2sc3c(n12)CCCCC3. The van der Waals surface area contributed by atoms with Gasteiger partial charge in [-0.2, -0.15) is 0 Å². The number of aryl methyl sites for hydroxylation is 2. The van der Waals surface area contributed by atoms with E-state index in [0.717, 1.165) is 23.4 Å². The number of carbonyl (C=O) groups excluding carboxylic acids is 1. The van der Waals surface area contributed by atoms with Gasteiger partial charge in [0.05, 0.1) is 6.20 Å². The lowest BCUT2D eigenvalue weighted by molar-refractivity contribution is 0.104. The Morgan fingerprint density at radius 1 is 1.25 bits per heavy atom. The average Bonchev–Trinajstić information content (AvgIpc) is 3.04. The average molecular weight is 357 g/mol. The fraction of sp³-hybridized carbons (Fsp3) is 0.263. The molecule has 3 nitrogen and oxygen atoms in total. The Kier molecular flexibility index (Phi) is 4.25. The quantitative estimate of drug-likeness (QED) is 0.366. The van der Waals surface area contributed by atoms with Gasteiger partial charge in [0.25, 0.3) is 0 Å². The van der Waals surface area contributed by atoms with E-state index in [1.165, 1.54) is 29.8 Å². The van der Waals surface area contributed by atoms with E-state index in [0.29, 0.717) is 10.7 Å². The second kappa shape index (κ2) is 6.54. The Bertz CT molecular complexity index is 938. The minimum atomic E-state index is -0.0210. The molecule has 2 aromatic heterocycles. The van der Waals surface area contributed by atoms with Gasteiger partial charge in [0.2, 0.25) is 5.78 Å². The topological polar surface area (TPSA) is 34.4 Å². The molecule has 0 amide bonds. The summed E-state index contributed by atoms with van der Waals surface area (Å²) in [5.41, 5.74) is 2.85. The molecule has 1 aliphatic carbocycles. The number of rotatable bonds is 3. The molecule has 0 fully saturated rings. The van der Waals surface area contributed by atoms with Crippen molar-refractivity contribution in [3.63, 3.8) is 0 Å². The largest absolute Gasteiger partial charge is 0.288 e. The number of ketones is 1. The molecule has 0 saturated carbocycles. The van der Waals surface area contributed by atoms with E-state index in [2.05, 4.69) is 9.38 Å². The molecule has 0 unspecified atom stereocenters. The Balaban J connectivity index is 1.68. The molecular weight excluding hydrogens is 340 g/mol. The summed E-state index contributed by atoms with van der Waals surface area (Å²) in [6.07, 6.45) is 10.9. The molecule has 4 rings (SSSR count). The van der Waals surface area contributed by atoms with Crippen molar-refractivity contribution < 1.29 is 4.79 Å². The Morgan fingerprint density at radius 3 is 3.00 bits per heavy atom. The second-order valence-electron chi connectivity index (χ2n) is 6.05. The van der Waals surface area contributed by atoms with Crippen LogP contribution in [0.5, 0.6) is 0 Å². The van der Waals surface area contributed by atoms with Crippen LogP contribution < -0.4 is 0 Å². The van der Waals surface area contributed by atoms with Crippen molar-refractivity contribution >= 4 is 39.8 Å². The number of carbonyl (C=O) groups is 1. The summed E-state index contributed by atoms with van der Waals surface area (Å²) in [6, 6.07) is 7.47. The van der Waals surface area contributed by atoms with Gasteiger partial charge in [-0.15, -0.1) is 11.3 Å². The van der Waals surface area contributed by atoms with E-state index in [9.17, 15) is 4.79 Å². The maximum absolute atomic E-state index is 12.7. The van der Waals surface area contributed by atoms with Gasteiger partial charge >= 0.3 is 0 Å². The number of allylic oxidation sites excluding steroid dienone is 1. The molecule has 122 valence electrons. The van der Waals surface area contributed by atoms with Gasteiger partial charge in [0, 0.05) is 15.6 Å². The summed E-state index contributed by atoms with van der Waals surface area (Å²) in [5, 5.41) is 0.666. The molecule has 0 spiro atoms. The molecule has 1 aliphatic rings. The molecular formula is C19H17ClN2OS. The highest BCUT2D eigenvalue weighted by Gasteiger charge is 2.20. The number of fused-ring (bicyclic) bond motifs is 3. The van der Waals surface area contributed by atoms with Crippen molar-refractivity contribution in [2.75, 3.05) is 0 Å². The van der Waals surface area contributed by atoms with Gasteiger partial charge in [-0.3, -0.25) is 9.20 Å². The third kappa shape index (κ3) is 2.92. The number of imidazole rings is 1. The van der Waals surface area contributed by atoms with Gasteiger partial charge in [-0.25, -0.2) is 4.98 Å². The first-order chi connectivity index (χ1) is 11.7. The number of aromatic nitrogens is 2. The van der Waals surface area contributed by atoms with Crippen molar-refractivity contribution in [2.24, 2.45) is 0 Å². The molecule has 3 aromatic rings. The Hall–Kier alpha value is -1.91. The first kappa shape index (κ1) is 15.6. The summed E-state index contributed by atoms with van der Waals surface area (Å²) in [4.78, 5) is 19.4. The lowest BCUT2D eigenvalue weighted by Crippen LogP contribution is -2.03. The van der Waals surface area contributed by atoms with Gasteiger partial charge in [0.1, 0.15) is 5.69 Å². The summed E-state index contributed by atoms with van der Waals surface area (Å²) in [5.74, 6) is -0.0210. The van der Waals surface area contributed by atoms with Crippen LogP contribution in [0.15, 0.2) is 36.5 Å². The molecule has 2 heterocycles. The first-order valence-corrected chi connectivity index (χ1v) is 9.38. The lowest BCUT2D eigenvalue weighted by atomic mass is 10.1. The number of halogens is 1. The second-order valence-corrected chi connectivity index (χ2v) is 7.55. The summed E-state index contributed by atoms with van der Waals surface area (Å²) in [6.45, 7) is 0. The minimum Gasteiger partial charge on any atom is -0.288 e. The molecule has 24 heavy (non-hydrogen) atoms. The van der Waals surface area contributed by atoms with Crippen LogP contribution in [-0.2, 0) is 12.8 Å². The van der Waals surface area contributed by atoms with Crippen molar-refractivity contribution in [1.82, 2.24) is 9.38 Å². The molecule has 0 aliphatic heterocycles. The molecule has 0 bridgehead atoms. The van der Waals surface area contributed by atoms with E-state index in [1.54, 1.807) is 29.7 Å². The van der Waals surface area contributed by atoms with Crippen LogP contribution in [0.25, 0.3) is 11.0 Å². The number of hydrogen-bond acceptors (Lipinski definition) is 3. The summed E-state index contributed by atoms with van der Waals surface area (Å²) in [7, 11) is 0. The molecule has 1 aromatic carbocycles. The number of hydrogen-bond donors (Lipinski definition) is 0. The van der Waals surface area contributed by atoms with Gasteiger partial charge < -0.3 is 0 Å². The normalized spacial score (nSPS) is 14.9. The minimum absolute atomic E-state index is 0.0210. The smallest absolute Gasteiger partial charge is 0.204 e. The van der Waals surface area contributed by atoms with Crippen LogP contribution in [0.3, 0.4) is 0 Å². The van der Waals surface area contributed by atoms with Crippen molar-refractivity contribution in [1.29, 1.82) is 0 Å². The van der Waals surface area contributed by atoms with Crippen LogP contribution in [0, 0.1) is 0 Å². The number of nitrogens with zero attached hydrogens (tertiary/aromatic N) is 2. The van der Waals surface area contributed by atoms with Crippen molar-refractivity contribution in [3.05, 3.63) is 63.4 Å². The zero-order chi connectivity index (χ0) is 16.5. The molecule has 0 atom stereocenters. The third-order valence-corrected chi connectivity index (χ3v) is 5.77. The zero-order valence-electron chi connectivity index (χ0n) is 13.2. The maximum Gasteiger partial charge on any atom is 0.204 e. The van der Waals surface area contributed by atoms with Crippen LogP contribution in [0.2, 0.25) is 5.02 Å². The highest BCUT2D eigenvalue weighted by molar-refractivity contribution is 7.17. The lowest BCUT2D eigenvalue weighted by Gasteiger charge is -2.02. The monoisotopic (exact) mass is 356 g/mol. The summed E-state index contributed by atoms with van der Waals surface area (Å²) >= 11 is 7.71. The van der Waals surface area contributed by atoms with Gasteiger partial charge in [-0.05, 0) is 49.5 Å². The Morgan fingerprint density at radius 2 is 2.12 bits per heavy atom.